The molecule has 3 aromatic rings. The average molecular weight is 407 g/mol. The molecule has 21 heavy (non-hydrogen) atoms. The van der Waals surface area contributed by atoms with E-state index in [2.05, 4.69) is 72.8 Å². The molecule has 1 saturated carbocycles. The molecule has 1 aliphatic carbocycles. The second kappa shape index (κ2) is 5.44. The molecule has 0 atom stereocenters. The van der Waals surface area contributed by atoms with E-state index >= 15 is 0 Å². The first-order chi connectivity index (χ1) is 10.2. The predicted octanol–water partition coefficient (Wildman–Crippen LogP) is 6.51. The van der Waals surface area contributed by atoms with Crippen LogP contribution in [0.3, 0.4) is 0 Å². The molecule has 3 heteroatoms. The van der Waals surface area contributed by atoms with Crippen LogP contribution in [0.2, 0.25) is 0 Å². The quantitative estimate of drug-likeness (QED) is 0.457. The third kappa shape index (κ3) is 2.44. The van der Waals surface area contributed by atoms with E-state index in [9.17, 15) is 0 Å². The van der Waals surface area contributed by atoms with Gasteiger partial charge in [0.15, 0.2) is 0 Å². The van der Waals surface area contributed by atoms with Crippen molar-refractivity contribution in [1.82, 2.24) is 4.57 Å². The lowest BCUT2D eigenvalue weighted by Crippen LogP contribution is -2.06. The van der Waals surface area contributed by atoms with E-state index in [0.717, 1.165) is 21.4 Å². The Morgan fingerprint density at radius 1 is 0.857 bits per heavy atom. The van der Waals surface area contributed by atoms with Crippen LogP contribution in [0.4, 0.5) is 0 Å². The number of nitrogens with zero attached hydrogens (tertiary/aromatic N) is 1. The molecule has 0 bridgehead atoms. The Kier molecular flexibility index (Phi) is 3.58. The summed E-state index contributed by atoms with van der Waals surface area (Å²) in [6.45, 7) is 1.15. The SMILES string of the molecule is Brc1ccc2c3ccc(Br)cc3n(CC3CCCC3)c2c1. The van der Waals surface area contributed by atoms with Gasteiger partial charge < -0.3 is 4.57 Å². The summed E-state index contributed by atoms with van der Waals surface area (Å²) in [6, 6.07) is 13.3. The topological polar surface area (TPSA) is 4.93 Å². The maximum atomic E-state index is 3.63. The Morgan fingerprint density at radius 2 is 1.38 bits per heavy atom. The molecule has 1 aromatic heterocycles. The summed E-state index contributed by atoms with van der Waals surface area (Å²) >= 11 is 7.26. The van der Waals surface area contributed by atoms with Gasteiger partial charge in [-0.1, -0.05) is 56.8 Å². The van der Waals surface area contributed by atoms with Crippen LogP contribution in [-0.2, 0) is 6.54 Å². The van der Waals surface area contributed by atoms with Gasteiger partial charge in [0.25, 0.3) is 0 Å². The van der Waals surface area contributed by atoms with Gasteiger partial charge in [0.1, 0.15) is 0 Å². The van der Waals surface area contributed by atoms with Crippen LogP contribution >= 0.6 is 31.9 Å². The summed E-state index contributed by atoms with van der Waals surface area (Å²) in [7, 11) is 0. The van der Waals surface area contributed by atoms with Crippen LogP contribution in [0.5, 0.6) is 0 Å². The molecule has 4 rings (SSSR count). The van der Waals surface area contributed by atoms with Crippen LogP contribution < -0.4 is 0 Å². The van der Waals surface area contributed by atoms with Gasteiger partial charge in [-0.3, -0.25) is 0 Å². The van der Waals surface area contributed by atoms with E-state index in [0.29, 0.717) is 0 Å². The lowest BCUT2D eigenvalue weighted by atomic mass is 10.1. The number of rotatable bonds is 2. The molecule has 0 aliphatic heterocycles. The normalized spacial score (nSPS) is 16.3. The average Bonchev–Trinajstić information content (AvgIpc) is 3.07. The minimum atomic E-state index is 0.835. The van der Waals surface area contributed by atoms with Crippen molar-refractivity contribution in [2.24, 2.45) is 5.92 Å². The zero-order valence-corrected chi connectivity index (χ0v) is 15.0. The van der Waals surface area contributed by atoms with Gasteiger partial charge in [-0.15, -0.1) is 0 Å². The van der Waals surface area contributed by atoms with Crippen LogP contribution in [0.25, 0.3) is 21.8 Å². The van der Waals surface area contributed by atoms with E-state index in [4.69, 9.17) is 0 Å². The Bertz CT molecular complexity index is 754. The zero-order valence-electron chi connectivity index (χ0n) is 11.8. The summed E-state index contributed by atoms with van der Waals surface area (Å²) < 4.78 is 4.84. The van der Waals surface area contributed by atoms with E-state index < -0.39 is 0 Å². The van der Waals surface area contributed by atoms with Gasteiger partial charge in [0.2, 0.25) is 0 Å². The van der Waals surface area contributed by atoms with Crippen LogP contribution in [0.15, 0.2) is 45.3 Å². The smallest absolute Gasteiger partial charge is 0.0502 e. The molecule has 2 aromatic carbocycles. The van der Waals surface area contributed by atoms with Gasteiger partial charge in [0, 0.05) is 26.3 Å². The molecule has 0 radical (unpaired) electrons. The second-order valence-corrected chi connectivity index (χ2v) is 7.92. The Morgan fingerprint density at radius 3 is 1.90 bits per heavy atom. The lowest BCUT2D eigenvalue weighted by molar-refractivity contribution is 0.473. The second-order valence-electron chi connectivity index (χ2n) is 6.08. The Labute approximate surface area is 141 Å². The first kappa shape index (κ1) is 13.8. The fraction of sp³-hybridized carbons (Fsp3) is 0.333. The van der Waals surface area contributed by atoms with Gasteiger partial charge in [-0.05, 0) is 43.0 Å². The van der Waals surface area contributed by atoms with Gasteiger partial charge in [0.05, 0.1) is 11.0 Å². The number of halogens is 2. The highest BCUT2D eigenvalue weighted by Gasteiger charge is 2.19. The van der Waals surface area contributed by atoms with E-state index in [1.165, 1.54) is 47.5 Å². The largest absolute Gasteiger partial charge is 0.340 e. The summed E-state index contributed by atoms with van der Waals surface area (Å²) in [5.74, 6) is 0.835. The van der Waals surface area contributed by atoms with Crippen LogP contribution in [0.1, 0.15) is 25.7 Å². The maximum Gasteiger partial charge on any atom is 0.0502 e. The van der Waals surface area contributed by atoms with Gasteiger partial charge >= 0.3 is 0 Å². The van der Waals surface area contributed by atoms with Crippen molar-refractivity contribution in [1.29, 1.82) is 0 Å². The Hall–Kier alpha value is -0.800. The molecule has 0 saturated heterocycles. The highest BCUT2D eigenvalue weighted by atomic mass is 79.9. The number of fused-ring (bicyclic) bond motifs is 3. The van der Waals surface area contributed by atoms with Crippen molar-refractivity contribution in [2.75, 3.05) is 0 Å². The molecule has 1 heterocycles. The third-order valence-electron chi connectivity index (χ3n) is 4.71. The summed E-state index contributed by atoms with van der Waals surface area (Å²) in [6.07, 6.45) is 5.55. The van der Waals surface area contributed by atoms with Crippen molar-refractivity contribution in [2.45, 2.75) is 32.2 Å². The molecule has 0 spiro atoms. The summed E-state index contributed by atoms with van der Waals surface area (Å²) in [4.78, 5) is 0. The van der Waals surface area contributed by atoms with Gasteiger partial charge in [-0.2, -0.15) is 0 Å². The predicted molar refractivity (Wildman–Crippen MR) is 96.8 cm³/mol. The number of hydrogen-bond donors (Lipinski definition) is 0. The van der Waals surface area contributed by atoms with Crippen LogP contribution in [-0.4, -0.2) is 4.57 Å². The van der Waals surface area contributed by atoms with Crippen molar-refractivity contribution in [3.05, 3.63) is 45.3 Å². The maximum absolute atomic E-state index is 3.63. The first-order valence-corrected chi connectivity index (χ1v) is 9.18. The van der Waals surface area contributed by atoms with Gasteiger partial charge in [-0.25, -0.2) is 0 Å². The highest BCUT2D eigenvalue weighted by molar-refractivity contribution is 9.10. The van der Waals surface area contributed by atoms with Crippen molar-refractivity contribution in [3.63, 3.8) is 0 Å². The van der Waals surface area contributed by atoms with E-state index in [-0.39, 0.29) is 0 Å². The number of aromatic nitrogens is 1. The summed E-state index contributed by atoms with van der Waals surface area (Å²) in [5, 5.41) is 2.72. The molecule has 0 unspecified atom stereocenters. The van der Waals surface area contributed by atoms with Crippen molar-refractivity contribution < 1.29 is 0 Å². The standard InChI is InChI=1S/C18H17Br2N/c19-13-5-7-15-16-8-6-14(20)10-18(16)21(17(15)9-13)11-12-3-1-2-4-12/h5-10,12H,1-4,11H2. The monoisotopic (exact) mass is 405 g/mol. The number of benzene rings is 2. The van der Waals surface area contributed by atoms with Crippen molar-refractivity contribution in [3.8, 4) is 0 Å². The lowest BCUT2D eigenvalue weighted by Gasteiger charge is -2.13. The molecular weight excluding hydrogens is 390 g/mol. The first-order valence-electron chi connectivity index (χ1n) is 7.59. The van der Waals surface area contributed by atoms with E-state index in [1.54, 1.807) is 0 Å². The minimum Gasteiger partial charge on any atom is -0.340 e. The zero-order chi connectivity index (χ0) is 14.4. The Balaban J connectivity index is 1.98. The minimum absolute atomic E-state index is 0.835. The highest BCUT2D eigenvalue weighted by Crippen LogP contribution is 2.35. The molecule has 108 valence electrons. The number of hydrogen-bond acceptors (Lipinski definition) is 0. The van der Waals surface area contributed by atoms with Crippen LogP contribution in [0, 0.1) is 5.92 Å². The summed E-state index contributed by atoms with van der Waals surface area (Å²) in [5.41, 5.74) is 2.70. The molecular formula is C18H17Br2N. The molecule has 0 amide bonds. The fourth-order valence-electron chi connectivity index (χ4n) is 3.69. The molecule has 1 fully saturated rings. The fourth-order valence-corrected chi connectivity index (χ4v) is 4.39. The molecule has 1 nitrogen and oxygen atoms in total. The molecule has 0 N–H and O–H groups in total. The van der Waals surface area contributed by atoms with Crippen molar-refractivity contribution >= 4 is 53.7 Å². The third-order valence-corrected chi connectivity index (χ3v) is 5.69. The van der Waals surface area contributed by atoms with E-state index in [1.807, 2.05) is 0 Å². The molecule has 1 aliphatic rings.